The van der Waals surface area contributed by atoms with Crippen molar-refractivity contribution in [1.29, 1.82) is 0 Å². The highest BCUT2D eigenvalue weighted by Crippen LogP contribution is 2.27. The van der Waals surface area contributed by atoms with Crippen LogP contribution < -0.4 is 25.0 Å². The van der Waals surface area contributed by atoms with Crippen molar-refractivity contribution in [2.45, 2.75) is 13.8 Å². The molecule has 0 aromatic heterocycles. The Morgan fingerprint density at radius 2 is 1.68 bits per heavy atom. The molecule has 0 spiro atoms. The van der Waals surface area contributed by atoms with Crippen LogP contribution in [0.5, 0.6) is 17.2 Å². The molecule has 0 atom stereocenters. The molecular formula is C20H23N3O5. The zero-order valence-corrected chi connectivity index (χ0v) is 16.0. The van der Waals surface area contributed by atoms with E-state index in [9.17, 15) is 9.59 Å². The molecule has 8 heteroatoms. The summed E-state index contributed by atoms with van der Waals surface area (Å²) in [4.78, 5) is 23.8. The van der Waals surface area contributed by atoms with Crippen molar-refractivity contribution < 1.29 is 23.8 Å². The SMILES string of the molecule is CCOc1ccc(NC(=O)C(=O)N/N=C\c2ccc(OCC)c(OC)c2)cc1. The van der Waals surface area contributed by atoms with E-state index in [4.69, 9.17) is 14.2 Å². The molecule has 0 aliphatic heterocycles. The average Bonchev–Trinajstić information content (AvgIpc) is 2.70. The van der Waals surface area contributed by atoms with Gasteiger partial charge < -0.3 is 19.5 Å². The molecule has 0 saturated carbocycles. The highest BCUT2D eigenvalue weighted by Gasteiger charge is 2.13. The Labute approximate surface area is 163 Å². The molecule has 8 nitrogen and oxygen atoms in total. The number of rotatable bonds is 8. The lowest BCUT2D eigenvalue weighted by Gasteiger charge is -2.09. The molecule has 2 amide bonds. The van der Waals surface area contributed by atoms with Crippen LogP contribution in [0.15, 0.2) is 47.6 Å². The van der Waals surface area contributed by atoms with E-state index in [2.05, 4.69) is 15.8 Å². The maximum atomic E-state index is 11.9. The molecule has 2 aromatic rings. The number of hydrogen-bond acceptors (Lipinski definition) is 6. The first kappa shape index (κ1) is 20.8. The topological polar surface area (TPSA) is 98.2 Å². The second-order valence-corrected chi connectivity index (χ2v) is 5.45. The van der Waals surface area contributed by atoms with Gasteiger partial charge in [0.05, 0.1) is 26.5 Å². The summed E-state index contributed by atoms with van der Waals surface area (Å²) in [5.41, 5.74) is 3.33. The van der Waals surface area contributed by atoms with Crippen molar-refractivity contribution in [2.24, 2.45) is 5.10 Å². The number of hydrazone groups is 1. The van der Waals surface area contributed by atoms with E-state index in [1.54, 1.807) is 42.5 Å². The Bertz CT molecular complexity index is 834. The van der Waals surface area contributed by atoms with Gasteiger partial charge in [0.2, 0.25) is 0 Å². The third kappa shape index (κ3) is 6.01. The van der Waals surface area contributed by atoms with Gasteiger partial charge in [-0.2, -0.15) is 5.10 Å². The van der Waals surface area contributed by atoms with Gasteiger partial charge in [-0.05, 0) is 61.9 Å². The van der Waals surface area contributed by atoms with Gasteiger partial charge in [0.15, 0.2) is 11.5 Å². The number of nitrogens with zero attached hydrogens (tertiary/aromatic N) is 1. The number of nitrogens with one attached hydrogen (secondary N) is 2. The minimum atomic E-state index is -0.886. The number of ether oxygens (including phenoxy) is 3. The number of benzene rings is 2. The summed E-state index contributed by atoms with van der Waals surface area (Å²) in [5.74, 6) is 0.125. The van der Waals surface area contributed by atoms with E-state index in [0.29, 0.717) is 41.7 Å². The van der Waals surface area contributed by atoms with E-state index in [1.807, 2.05) is 13.8 Å². The van der Waals surface area contributed by atoms with Crippen LogP contribution in [-0.4, -0.2) is 38.4 Å². The number of carbonyl (C=O) groups is 2. The van der Waals surface area contributed by atoms with Crippen LogP contribution >= 0.6 is 0 Å². The second-order valence-electron chi connectivity index (χ2n) is 5.45. The van der Waals surface area contributed by atoms with Crippen LogP contribution in [0.25, 0.3) is 0 Å². The summed E-state index contributed by atoms with van der Waals surface area (Å²) < 4.78 is 16.0. The largest absolute Gasteiger partial charge is 0.494 e. The molecule has 148 valence electrons. The molecule has 2 aromatic carbocycles. The van der Waals surface area contributed by atoms with Gasteiger partial charge in [0, 0.05) is 5.69 Å². The molecule has 0 heterocycles. The molecular weight excluding hydrogens is 362 g/mol. The molecule has 0 radical (unpaired) electrons. The number of carbonyl (C=O) groups excluding carboxylic acids is 2. The lowest BCUT2D eigenvalue weighted by Crippen LogP contribution is -2.32. The highest BCUT2D eigenvalue weighted by atomic mass is 16.5. The summed E-state index contributed by atoms with van der Waals surface area (Å²) in [7, 11) is 1.53. The summed E-state index contributed by atoms with van der Waals surface area (Å²) in [6.45, 7) is 4.82. The second kappa shape index (κ2) is 10.6. The minimum absolute atomic E-state index is 0.476. The third-order valence-corrected chi connectivity index (χ3v) is 3.50. The fraction of sp³-hybridized carbons (Fsp3) is 0.250. The van der Waals surface area contributed by atoms with Crippen molar-refractivity contribution in [1.82, 2.24) is 5.43 Å². The van der Waals surface area contributed by atoms with Crippen molar-refractivity contribution in [2.75, 3.05) is 25.6 Å². The molecule has 2 rings (SSSR count). The van der Waals surface area contributed by atoms with Crippen molar-refractivity contribution in [3.63, 3.8) is 0 Å². The van der Waals surface area contributed by atoms with Gasteiger partial charge in [-0.25, -0.2) is 5.43 Å². The van der Waals surface area contributed by atoms with Crippen LogP contribution in [0.4, 0.5) is 5.69 Å². The van der Waals surface area contributed by atoms with Gasteiger partial charge >= 0.3 is 11.8 Å². The van der Waals surface area contributed by atoms with E-state index in [0.717, 1.165) is 0 Å². The van der Waals surface area contributed by atoms with Gasteiger partial charge in [0.1, 0.15) is 5.75 Å². The average molecular weight is 385 g/mol. The smallest absolute Gasteiger partial charge is 0.329 e. The summed E-state index contributed by atoms with van der Waals surface area (Å²) in [5, 5.41) is 6.27. The number of hydrogen-bond donors (Lipinski definition) is 2. The van der Waals surface area contributed by atoms with Crippen LogP contribution in [0.3, 0.4) is 0 Å². The van der Waals surface area contributed by atoms with E-state index < -0.39 is 11.8 Å². The van der Waals surface area contributed by atoms with Gasteiger partial charge in [-0.3, -0.25) is 9.59 Å². The number of methoxy groups -OCH3 is 1. The predicted octanol–water partition coefficient (Wildman–Crippen LogP) is 2.58. The van der Waals surface area contributed by atoms with Gasteiger partial charge in [-0.1, -0.05) is 0 Å². The quantitative estimate of drug-likeness (QED) is 0.413. The molecule has 2 N–H and O–H groups in total. The van der Waals surface area contributed by atoms with Crippen molar-refractivity contribution in [3.05, 3.63) is 48.0 Å². The zero-order chi connectivity index (χ0) is 20.4. The Morgan fingerprint density at radius 1 is 0.964 bits per heavy atom. The third-order valence-electron chi connectivity index (χ3n) is 3.50. The monoisotopic (exact) mass is 385 g/mol. The van der Waals surface area contributed by atoms with Crippen LogP contribution in [0.2, 0.25) is 0 Å². The lowest BCUT2D eigenvalue weighted by atomic mass is 10.2. The minimum Gasteiger partial charge on any atom is -0.494 e. The lowest BCUT2D eigenvalue weighted by molar-refractivity contribution is -0.136. The molecule has 0 aliphatic carbocycles. The first-order chi connectivity index (χ1) is 13.6. The first-order valence-corrected chi connectivity index (χ1v) is 8.75. The predicted molar refractivity (Wildman–Crippen MR) is 106 cm³/mol. The van der Waals surface area contributed by atoms with Crippen LogP contribution in [-0.2, 0) is 9.59 Å². The molecule has 0 aliphatic rings. The normalized spacial score (nSPS) is 10.4. The molecule has 0 bridgehead atoms. The fourth-order valence-electron chi connectivity index (χ4n) is 2.24. The van der Waals surface area contributed by atoms with E-state index in [1.165, 1.54) is 13.3 Å². The Hall–Kier alpha value is -3.55. The summed E-state index contributed by atoms with van der Waals surface area (Å²) in [6.07, 6.45) is 1.40. The number of anilines is 1. The number of amides is 2. The van der Waals surface area contributed by atoms with Gasteiger partial charge in [-0.15, -0.1) is 0 Å². The maximum absolute atomic E-state index is 11.9. The summed E-state index contributed by atoms with van der Waals surface area (Å²) >= 11 is 0. The fourth-order valence-corrected chi connectivity index (χ4v) is 2.24. The standard InChI is InChI=1S/C20H23N3O5/c1-4-27-16-9-7-15(8-10-16)22-19(24)20(25)23-21-13-14-6-11-17(28-5-2)18(12-14)26-3/h6-13H,4-5H2,1-3H3,(H,22,24)(H,23,25)/b21-13-. The molecule has 28 heavy (non-hydrogen) atoms. The Morgan fingerprint density at radius 3 is 2.32 bits per heavy atom. The molecule has 0 saturated heterocycles. The van der Waals surface area contributed by atoms with Crippen molar-refractivity contribution in [3.8, 4) is 17.2 Å². The summed E-state index contributed by atoms with van der Waals surface area (Å²) in [6, 6.07) is 11.9. The Kier molecular flexibility index (Phi) is 7.83. The van der Waals surface area contributed by atoms with Crippen molar-refractivity contribution >= 4 is 23.7 Å². The maximum Gasteiger partial charge on any atom is 0.329 e. The molecule has 0 fully saturated rings. The van der Waals surface area contributed by atoms with Crippen LogP contribution in [0.1, 0.15) is 19.4 Å². The zero-order valence-electron chi connectivity index (χ0n) is 16.0. The van der Waals surface area contributed by atoms with Crippen LogP contribution in [0, 0.1) is 0 Å². The van der Waals surface area contributed by atoms with E-state index >= 15 is 0 Å². The first-order valence-electron chi connectivity index (χ1n) is 8.75. The Balaban J connectivity index is 1.90. The van der Waals surface area contributed by atoms with E-state index in [-0.39, 0.29) is 0 Å². The van der Waals surface area contributed by atoms with Gasteiger partial charge in [0.25, 0.3) is 0 Å². The molecule has 0 unspecified atom stereocenters. The highest BCUT2D eigenvalue weighted by molar-refractivity contribution is 6.39.